The molecular formula is C16H23BrN2O2. The number of nitrogens with one attached hydrogen (secondary N) is 1. The van der Waals surface area contributed by atoms with Crippen LogP contribution >= 0.6 is 15.9 Å². The first-order valence-corrected chi connectivity index (χ1v) is 8.18. The number of halogens is 1. The monoisotopic (exact) mass is 354 g/mol. The van der Waals surface area contributed by atoms with E-state index in [1.165, 1.54) is 0 Å². The van der Waals surface area contributed by atoms with Crippen molar-refractivity contribution in [1.82, 2.24) is 10.2 Å². The van der Waals surface area contributed by atoms with Crippen LogP contribution in [-0.2, 0) is 11.2 Å². The minimum Gasteiger partial charge on any atom is -0.496 e. The summed E-state index contributed by atoms with van der Waals surface area (Å²) in [5.74, 6) is 1.69. The summed E-state index contributed by atoms with van der Waals surface area (Å²) in [5, 5.41) is 3.19. The van der Waals surface area contributed by atoms with Crippen molar-refractivity contribution in [2.45, 2.75) is 19.3 Å². The second-order valence-electron chi connectivity index (χ2n) is 5.51. The van der Waals surface area contributed by atoms with Crippen molar-refractivity contribution < 1.29 is 9.53 Å². The van der Waals surface area contributed by atoms with Crippen LogP contribution in [-0.4, -0.2) is 44.6 Å². The number of aryl methyl sites for hydroxylation is 1. The van der Waals surface area contributed by atoms with E-state index < -0.39 is 0 Å². The van der Waals surface area contributed by atoms with Gasteiger partial charge in [-0.15, -0.1) is 0 Å². The third kappa shape index (κ3) is 4.45. The van der Waals surface area contributed by atoms with Crippen LogP contribution in [0.5, 0.6) is 5.75 Å². The molecule has 0 bridgehead atoms. The van der Waals surface area contributed by atoms with Gasteiger partial charge in [0, 0.05) is 24.0 Å². The molecule has 0 saturated carbocycles. The lowest BCUT2D eigenvalue weighted by Gasteiger charge is -2.17. The Morgan fingerprint density at radius 3 is 3.05 bits per heavy atom. The number of benzene rings is 1. The fourth-order valence-electron chi connectivity index (χ4n) is 2.86. The van der Waals surface area contributed by atoms with Crippen molar-refractivity contribution in [3.05, 3.63) is 28.2 Å². The van der Waals surface area contributed by atoms with Crippen LogP contribution in [0.25, 0.3) is 0 Å². The molecule has 0 radical (unpaired) electrons. The van der Waals surface area contributed by atoms with Gasteiger partial charge in [-0.25, -0.2) is 0 Å². The molecule has 1 amide bonds. The van der Waals surface area contributed by atoms with E-state index in [-0.39, 0.29) is 5.91 Å². The van der Waals surface area contributed by atoms with Gasteiger partial charge in [-0.2, -0.15) is 0 Å². The quantitative estimate of drug-likeness (QED) is 0.852. The minimum atomic E-state index is 0.246. The average molecular weight is 355 g/mol. The number of rotatable bonds is 6. The van der Waals surface area contributed by atoms with Crippen molar-refractivity contribution in [1.29, 1.82) is 0 Å². The topological polar surface area (TPSA) is 41.6 Å². The molecule has 1 atom stereocenters. The number of likely N-dealkylation sites (tertiary alicyclic amines) is 1. The number of hydrogen-bond donors (Lipinski definition) is 1. The predicted octanol–water partition coefficient (Wildman–Crippen LogP) is 2.46. The van der Waals surface area contributed by atoms with Gasteiger partial charge in [-0.1, -0.05) is 15.9 Å². The lowest BCUT2D eigenvalue weighted by atomic mass is 10.1. The fraction of sp³-hybridized carbons (Fsp3) is 0.562. The number of nitrogens with zero attached hydrogens (tertiary/aromatic N) is 1. The summed E-state index contributed by atoms with van der Waals surface area (Å²) in [5.41, 5.74) is 1.08. The van der Waals surface area contributed by atoms with E-state index in [0.29, 0.717) is 18.8 Å². The number of ether oxygens (including phenoxy) is 1. The van der Waals surface area contributed by atoms with Gasteiger partial charge in [0.05, 0.1) is 7.11 Å². The SMILES string of the molecule is CNC[C@H]1CCN(C(=O)CCc2cc(Br)ccc2OC)C1. The summed E-state index contributed by atoms with van der Waals surface area (Å²) < 4.78 is 6.37. The summed E-state index contributed by atoms with van der Waals surface area (Å²) >= 11 is 3.47. The average Bonchev–Trinajstić information content (AvgIpc) is 2.94. The van der Waals surface area contributed by atoms with E-state index in [4.69, 9.17) is 4.74 Å². The molecule has 0 unspecified atom stereocenters. The molecule has 1 aliphatic heterocycles. The zero-order valence-electron chi connectivity index (χ0n) is 12.7. The summed E-state index contributed by atoms with van der Waals surface area (Å²) in [6.45, 7) is 2.76. The van der Waals surface area contributed by atoms with Crippen molar-refractivity contribution in [3.63, 3.8) is 0 Å². The first kappa shape index (κ1) is 16.3. The molecule has 0 spiro atoms. The molecule has 1 saturated heterocycles. The Labute approximate surface area is 135 Å². The van der Waals surface area contributed by atoms with E-state index in [0.717, 1.165) is 41.8 Å². The van der Waals surface area contributed by atoms with E-state index in [2.05, 4.69) is 21.2 Å². The van der Waals surface area contributed by atoms with Crippen molar-refractivity contribution in [2.75, 3.05) is 33.8 Å². The zero-order valence-corrected chi connectivity index (χ0v) is 14.3. The highest BCUT2D eigenvalue weighted by molar-refractivity contribution is 9.10. The molecule has 5 heteroatoms. The Balaban J connectivity index is 1.88. The van der Waals surface area contributed by atoms with Crippen molar-refractivity contribution in [2.24, 2.45) is 5.92 Å². The van der Waals surface area contributed by atoms with Crippen LogP contribution in [0.1, 0.15) is 18.4 Å². The van der Waals surface area contributed by atoms with Crippen LogP contribution < -0.4 is 10.1 Å². The highest BCUT2D eigenvalue weighted by atomic mass is 79.9. The van der Waals surface area contributed by atoms with Gasteiger partial charge in [-0.3, -0.25) is 4.79 Å². The molecule has 1 aromatic rings. The highest BCUT2D eigenvalue weighted by Crippen LogP contribution is 2.25. The van der Waals surface area contributed by atoms with Crippen LogP contribution in [0.15, 0.2) is 22.7 Å². The molecule has 2 rings (SSSR count). The number of hydrogen-bond acceptors (Lipinski definition) is 3. The Kier molecular flexibility index (Phi) is 6.06. The minimum absolute atomic E-state index is 0.246. The molecule has 0 aliphatic carbocycles. The molecular weight excluding hydrogens is 332 g/mol. The summed E-state index contributed by atoms with van der Waals surface area (Å²) in [6.07, 6.45) is 2.36. The predicted molar refractivity (Wildman–Crippen MR) is 87.6 cm³/mol. The summed E-state index contributed by atoms with van der Waals surface area (Å²) in [4.78, 5) is 14.3. The van der Waals surface area contributed by atoms with Gasteiger partial charge >= 0.3 is 0 Å². The Morgan fingerprint density at radius 1 is 1.52 bits per heavy atom. The second-order valence-corrected chi connectivity index (χ2v) is 6.42. The first-order chi connectivity index (χ1) is 10.1. The molecule has 1 aliphatic rings. The molecule has 1 heterocycles. The molecule has 0 aromatic heterocycles. The van der Waals surface area contributed by atoms with Crippen molar-refractivity contribution >= 4 is 21.8 Å². The molecule has 1 aromatic carbocycles. The zero-order chi connectivity index (χ0) is 15.2. The van der Waals surface area contributed by atoms with Crippen molar-refractivity contribution in [3.8, 4) is 5.75 Å². The summed E-state index contributed by atoms with van der Waals surface area (Å²) in [7, 11) is 3.63. The second kappa shape index (κ2) is 7.80. The largest absolute Gasteiger partial charge is 0.496 e. The number of amides is 1. The fourth-order valence-corrected chi connectivity index (χ4v) is 3.27. The van der Waals surface area contributed by atoms with E-state index in [1.54, 1.807) is 7.11 Å². The van der Waals surface area contributed by atoms with Gasteiger partial charge in [-0.05, 0) is 56.1 Å². The maximum atomic E-state index is 12.3. The maximum absolute atomic E-state index is 12.3. The van der Waals surface area contributed by atoms with Gasteiger partial charge in [0.15, 0.2) is 0 Å². The molecule has 21 heavy (non-hydrogen) atoms. The summed E-state index contributed by atoms with van der Waals surface area (Å²) in [6, 6.07) is 5.91. The van der Waals surface area contributed by atoms with Crippen LogP contribution in [0.4, 0.5) is 0 Å². The maximum Gasteiger partial charge on any atom is 0.222 e. The van der Waals surface area contributed by atoms with E-state index in [9.17, 15) is 4.79 Å². The van der Waals surface area contributed by atoms with Gasteiger partial charge in [0.2, 0.25) is 5.91 Å². The third-order valence-corrected chi connectivity index (χ3v) is 4.48. The molecule has 116 valence electrons. The van der Waals surface area contributed by atoms with Crippen LogP contribution in [0.3, 0.4) is 0 Å². The standard InChI is InChI=1S/C16H23BrN2O2/c1-18-10-12-7-8-19(11-12)16(20)6-3-13-9-14(17)4-5-15(13)21-2/h4-5,9,12,18H,3,6-8,10-11H2,1-2H3/t12-/m1/s1. The van der Waals surface area contributed by atoms with E-state index in [1.807, 2.05) is 30.1 Å². The van der Waals surface area contributed by atoms with Gasteiger partial charge < -0.3 is 15.0 Å². The Morgan fingerprint density at radius 2 is 2.33 bits per heavy atom. The molecule has 4 nitrogen and oxygen atoms in total. The van der Waals surface area contributed by atoms with Gasteiger partial charge in [0.1, 0.15) is 5.75 Å². The normalized spacial score (nSPS) is 18.0. The van der Waals surface area contributed by atoms with E-state index >= 15 is 0 Å². The van der Waals surface area contributed by atoms with Gasteiger partial charge in [0.25, 0.3) is 0 Å². The highest BCUT2D eigenvalue weighted by Gasteiger charge is 2.25. The number of methoxy groups -OCH3 is 1. The smallest absolute Gasteiger partial charge is 0.222 e. The number of carbonyl (C=O) groups excluding carboxylic acids is 1. The Bertz CT molecular complexity index is 493. The van der Waals surface area contributed by atoms with Crippen LogP contribution in [0, 0.1) is 5.92 Å². The van der Waals surface area contributed by atoms with Crippen LogP contribution in [0.2, 0.25) is 0 Å². The third-order valence-electron chi connectivity index (χ3n) is 3.98. The lowest BCUT2D eigenvalue weighted by molar-refractivity contribution is -0.130. The molecule has 1 N–H and O–H groups in total. The number of carbonyl (C=O) groups is 1. The first-order valence-electron chi connectivity index (χ1n) is 7.38. The Hall–Kier alpha value is -1.07. The molecule has 1 fully saturated rings. The lowest BCUT2D eigenvalue weighted by Crippen LogP contribution is -2.30.